The normalized spacial score (nSPS) is 49.9. The molecule has 4 aliphatic rings. The van der Waals surface area contributed by atoms with Crippen LogP contribution in [0.2, 0.25) is 0 Å². The molecule has 3 fully saturated rings. The molecule has 0 bridgehead atoms. The van der Waals surface area contributed by atoms with Crippen molar-refractivity contribution in [2.24, 2.45) is 28.6 Å². The number of ketones is 2. The van der Waals surface area contributed by atoms with Crippen LogP contribution in [0.25, 0.3) is 0 Å². The van der Waals surface area contributed by atoms with E-state index in [0.717, 1.165) is 38.5 Å². The van der Waals surface area contributed by atoms with Crippen LogP contribution in [0.5, 0.6) is 0 Å². The first-order valence-electron chi connectivity index (χ1n) is 9.39. The summed E-state index contributed by atoms with van der Waals surface area (Å²) in [5.41, 5.74) is 0.105. The topological polar surface area (TPSA) is 54.4 Å². The Kier molecular flexibility index (Phi) is 3.32. The number of hydrogen-bond acceptors (Lipinski definition) is 3. The van der Waals surface area contributed by atoms with Gasteiger partial charge in [0.1, 0.15) is 5.78 Å². The monoisotopic (exact) mass is 328 g/mol. The molecule has 0 aromatic heterocycles. The van der Waals surface area contributed by atoms with Crippen LogP contribution in [0, 0.1) is 28.6 Å². The molecule has 3 saturated carbocycles. The van der Waals surface area contributed by atoms with Gasteiger partial charge in [0.2, 0.25) is 0 Å². The fraction of sp³-hybridized carbons (Fsp3) is 0.714. The highest BCUT2D eigenvalue weighted by molar-refractivity contribution is 6.01. The first-order valence-corrected chi connectivity index (χ1v) is 9.39. The van der Waals surface area contributed by atoms with Gasteiger partial charge in [0.05, 0.1) is 5.60 Å². The second-order valence-corrected chi connectivity index (χ2v) is 9.02. The summed E-state index contributed by atoms with van der Waals surface area (Å²) in [7, 11) is 0. The van der Waals surface area contributed by atoms with Gasteiger partial charge in [0.25, 0.3) is 0 Å². The maximum Gasteiger partial charge on any atom is 0.178 e. The van der Waals surface area contributed by atoms with Crippen LogP contribution < -0.4 is 0 Å². The van der Waals surface area contributed by atoms with Crippen molar-refractivity contribution in [1.82, 2.24) is 0 Å². The molecule has 4 aliphatic carbocycles. The Labute approximate surface area is 144 Å². The number of hydrogen-bond donors (Lipinski definition) is 1. The maximum atomic E-state index is 12.2. The summed E-state index contributed by atoms with van der Waals surface area (Å²) in [4.78, 5) is 24.0. The van der Waals surface area contributed by atoms with Crippen molar-refractivity contribution >= 4 is 11.6 Å². The molecule has 0 amide bonds. The Morgan fingerprint density at radius 2 is 1.92 bits per heavy atom. The summed E-state index contributed by atoms with van der Waals surface area (Å²) in [5.74, 6) is 0.915. The minimum absolute atomic E-state index is 0.00308. The number of aliphatic hydroxyl groups is 1. The van der Waals surface area contributed by atoms with Crippen LogP contribution in [0.1, 0.15) is 59.3 Å². The zero-order valence-electron chi connectivity index (χ0n) is 15.0. The predicted molar refractivity (Wildman–Crippen MR) is 92.2 cm³/mol. The second-order valence-electron chi connectivity index (χ2n) is 9.02. The summed E-state index contributed by atoms with van der Waals surface area (Å²) < 4.78 is 0. The van der Waals surface area contributed by atoms with Crippen LogP contribution in [0.3, 0.4) is 0 Å². The average molecular weight is 328 g/mol. The Morgan fingerprint density at radius 1 is 1.17 bits per heavy atom. The van der Waals surface area contributed by atoms with E-state index in [1.54, 1.807) is 13.0 Å². The van der Waals surface area contributed by atoms with Gasteiger partial charge in [-0.3, -0.25) is 9.59 Å². The Bertz CT molecular complexity index is 675. The van der Waals surface area contributed by atoms with E-state index < -0.39 is 5.60 Å². The molecule has 24 heavy (non-hydrogen) atoms. The van der Waals surface area contributed by atoms with Crippen LogP contribution in [0.4, 0.5) is 0 Å². The smallest absolute Gasteiger partial charge is 0.178 e. The predicted octanol–water partition coefficient (Wildman–Crippen LogP) is 3.61. The highest BCUT2D eigenvalue weighted by Gasteiger charge is 2.66. The highest BCUT2D eigenvalue weighted by Crippen LogP contribution is 2.67. The van der Waals surface area contributed by atoms with E-state index in [1.165, 1.54) is 5.57 Å². The Hall–Kier alpha value is -1.22. The van der Waals surface area contributed by atoms with Gasteiger partial charge in [0, 0.05) is 16.7 Å². The number of allylic oxidation sites excluding steroid dienone is 4. The molecular formula is C21H28O3. The van der Waals surface area contributed by atoms with E-state index >= 15 is 0 Å². The Balaban J connectivity index is 1.74. The molecule has 0 spiro atoms. The molecule has 6 atom stereocenters. The summed E-state index contributed by atoms with van der Waals surface area (Å²) in [6.07, 6.45) is 10.9. The van der Waals surface area contributed by atoms with Gasteiger partial charge >= 0.3 is 0 Å². The van der Waals surface area contributed by atoms with Crippen LogP contribution in [-0.2, 0) is 9.59 Å². The van der Waals surface area contributed by atoms with E-state index in [-0.39, 0.29) is 34.2 Å². The summed E-state index contributed by atoms with van der Waals surface area (Å²) in [6, 6.07) is 0. The third-order valence-corrected chi connectivity index (χ3v) is 8.23. The molecule has 1 N–H and O–H groups in total. The largest absolute Gasteiger partial charge is 0.389 e. The second kappa shape index (κ2) is 4.91. The van der Waals surface area contributed by atoms with Gasteiger partial charge in [-0.15, -0.1) is 0 Å². The lowest BCUT2D eigenvalue weighted by molar-refractivity contribution is -0.180. The average Bonchev–Trinajstić information content (AvgIpc) is 2.80. The zero-order valence-corrected chi connectivity index (χ0v) is 15.0. The number of rotatable bonds is 1. The zero-order chi connectivity index (χ0) is 17.3. The number of carbonyl (C=O) groups is 2. The lowest BCUT2D eigenvalue weighted by atomic mass is 9.46. The minimum atomic E-state index is -0.740. The van der Waals surface area contributed by atoms with Crippen LogP contribution in [-0.4, -0.2) is 22.3 Å². The van der Waals surface area contributed by atoms with Gasteiger partial charge in [0.15, 0.2) is 5.78 Å². The van der Waals surface area contributed by atoms with E-state index in [2.05, 4.69) is 19.9 Å². The number of Topliss-reactive ketones (excluding diaryl/α,β-unsaturated/α-hetero) is 1. The van der Waals surface area contributed by atoms with Crippen molar-refractivity contribution in [2.45, 2.75) is 64.9 Å². The lowest BCUT2D eigenvalue weighted by Crippen LogP contribution is -2.60. The van der Waals surface area contributed by atoms with Gasteiger partial charge in [-0.05, 0) is 69.4 Å². The van der Waals surface area contributed by atoms with E-state index in [1.807, 2.05) is 6.08 Å². The van der Waals surface area contributed by atoms with Crippen LogP contribution >= 0.6 is 0 Å². The minimum Gasteiger partial charge on any atom is -0.389 e. The molecule has 0 radical (unpaired) electrons. The Morgan fingerprint density at radius 3 is 2.62 bits per heavy atom. The highest BCUT2D eigenvalue weighted by atomic mass is 16.3. The van der Waals surface area contributed by atoms with Crippen molar-refractivity contribution in [3.8, 4) is 0 Å². The molecule has 0 heterocycles. The van der Waals surface area contributed by atoms with Crippen molar-refractivity contribution in [3.63, 3.8) is 0 Å². The molecule has 0 aromatic rings. The molecule has 0 saturated heterocycles. The first kappa shape index (κ1) is 16.3. The van der Waals surface area contributed by atoms with Gasteiger partial charge in [-0.1, -0.05) is 25.5 Å². The molecule has 3 nitrogen and oxygen atoms in total. The van der Waals surface area contributed by atoms with Crippen molar-refractivity contribution in [2.75, 3.05) is 0 Å². The molecule has 0 aliphatic heterocycles. The summed E-state index contributed by atoms with van der Waals surface area (Å²) in [6.45, 7) is 6.07. The van der Waals surface area contributed by atoms with Gasteiger partial charge in [-0.2, -0.15) is 0 Å². The standard InChI is InChI=1S/C21H28O3/c1-13(22)16-8-11-21(24)18-5-4-14-12-15(23)6-9-19(14,2)17(18)7-10-20(16,21)3/h6,9,12,16-18,24H,4-5,7-8,10-11H2,1-3H3/t16-,17+,18-,19+,20-,21-/m1/s1. The molecule has 3 heteroatoms. The van der Waals surface area contributed by atoms with E-state index in [0.29, 0.717) is 5.92 Å². The fourth-order valence-corrected chi connectivity index (χ4v) is 6.82. The molecule has 130 valence electrons. The summed E-state index contributed by atoms with van der Waals surface area (Å²) in [5, 5.41) is 11.8. The summed E-state index contributed by atoms with van der Waals surface area (Å²) >= 11 is 0. The molecule has 0 aromatic carbocycles. The molecule has 4 rings (SSSR count). The molecular weight excluding hydrogens is 300 g/mol. The van der Waals surface area contributed by atoms with Crippen molar-refractivity contribution in [3.05, 3.63) is 23.8 Å². The third-order valence-electron chi connectivity index (χ3n) is 8.23. The van der Waals surface area contributed by atoms with Crippen molar-refractivity contribution in [1.29, 1.82) is 0 Å². The number of fused-ring (bicyclic) bond motifs is 5. The SMILES string of the molecule is CC(=O)[C@H]1CC[C@@]2(O)[C@@H]3CCC4=CC(=O)C=C[C@]4(C)[C@H]3CC[C@]12C. The lowest BCUT2D eigenvalue weighted by Gasteiger charge is -2.60. The fourth-order valence-electron chi connectivity index (χ4n) is 6.82. The first-order chi connectivity index (χ1) is 11.2. The van der Waals surface area contributed by atoms with Gasteiger partial charge < -0.3 is 5.11 Å². The third kappa shape index (κ3) is 1.82. The van der Waals surface area contributed by atoms with E-state index in [9.17, 15) is 14.7 Å². The maximum absolute atomic E-state index is 12.2. The van der Waals surface area contributed by atoms with E-state index in [4.69, 9.17) is 0 Å². The van der Waals surface area contributed by atoms with Crippen LogP contribution in [0.15, 0.2) is 23.8 Å². The van der Waals surface area contributed by atoms with Crippen molar-refractivity contribution < 1.29 is 14.7 Å². The molecule has 0 unspecified atom stereocenters. The van der Waals surface area contributed by atoms with Gasteiger partial charge in [-0.25, -0.2) is 0 Å². The number of carbonyl (C=O) groups excluding carboxylic acids is 2. The quantitative estimate of drug-likeness (QED) is 0.800.